The Balaban J connectivity index is 2.59. The molecule has 0 saturated heterocycles. The molecule has 0 aliphatic rings. The summed E-state index contributed by atoms with van der Waals surface area (Å²) in [6.07, 6.45) is 3.36. The maximum atomic E-state index is 11.1. The second kappa shape index (κ2) is 4.64. The van der Waals surface area contributed by atoms with Gasteiger partial charge in [0.25, 0.3) is 5.24 Å². The van der Waals surface area contributed by atoms with Crippen LogP contribution in [0.2, 0.25) is 5.02 Å². The first-order chi connectivity index (χ1) is 7.70. The fourth-order valence-electron chi connectivity index (χ4n) is 1.43. The molecule has 0 radical (unpaired) electrons. The second-order valence-corrected chi connectivity index (χ2v) is 3.90. The Morgan fingerprint density at radius 2 is 2.00 bits per heavy atom. The minimum absolute atomic E-state index is 0.310. The summed E-state index contributed by atoms with van der Waals surface area (Å²) in [7, 11) is 0. The zero-order chi connectivity index (χ0) is 11.5. The molecule has 1 aromatic heterocycles. The van der Waals surface area contributed by atoms with Crippen LogP contribution in [0.4, 0.5) is 0 Å². The van der Waals surface area contributed by atoms with E-state index >= 15 is 0 Å². The molecule has 1 aromatic carbocycles. The lowest BCUT2D eigenvalue weighted by molar-refractivity contribution is 0.108. The Hall–Kier alpha value is -1.38. The Bertz CT molecular complexity index is 526. The van der Waals surface area contributed by atoms with Crippen molar-refractivity contribution in [2.45, 2.75) is 0 Å². The highest BCUT2D eigenvalue weighted by Crippen LogP contribution is 2.30. The summed E-state index contributed by atoms with van der Waals surface area (Å²) in [4.78, 5) is 15.1. The minimum atomic E-state index is -0.559. The van der Waals surface area contributed by atoms with Crippen molar-refractivity contribution in [2.75, 3.05) is 0 Å². The van der Waals surface area contributed by atoms with Crippen LogP contribution in [0.1, 0.15) is 10.4 Å². The molecule has 2 aromatic rings. The summed E-state index contributed by atoms with van der Waals surface area (Å²) >= 11 is 11.5. The van der Waals surface area contributed by atoms with Crippen LogP contribution in [-0.2, 0) is 0 Å². The second-order valence-electron chi connectivity index (χ2n) is 3.18. The van der Waals surface area contributed by atoms with Crippen LogP contribution in [0.3, 0.4) is 0 Å². The van der Waals surface area contributed by atoms with Gasteiger partial charge in [0.15, 0.2) is 0 Å². The first kappa shape index (κ1) is 11.1. The number of hydrogen-bond acceptors (Lipinski definition) is 2. The average Bonchev–Trinajstić information content (AvgIpc) is 2.30. The van der Waals surface area contributed by atoms with Crippen molar-refractivity contribution in [3.8, 4) is 11.1 Å². The van der Waals surface area contributed by atoms with Crippen molar-refractivity contribution in [2.24, 2.45) is 0 Å². The topological polar surface area (TPSA) is 30.0 Å². The summed E-state index contributed by atoms with van der Waals surface area (Å²) in [6.45, 7) is 0. The molecule has 16 heavy (non-hydrogen) atoms. The van der Waals surface area contributed by atoms with Gasteiger partial charge in [-0.1, -0.05) is 29.8 Å². The van der Waals surface area contributed by atoms with Crippen LogP contribution < -0.4 is 0 Å². The number of carbonyl (C=O) groups excluding carboxylic acids is 1. The van der Waals surface area contributed by atoms with Gasteiger partial charge in [0.05, 0.1) is 10.6 Å². The van der Waals surface area contributed by atoms with Gasteiger partial charge in [-0.15, -0.1) is 0 Å². The first-order valence-electron chi connectivity index (χ1n) is 4.59. The minimum Gasteiger partial charge on any atom is -0.276 e. The molecule has 0 N–H and O–H groups in total. The molecule has 4 heteroatoms. The van der Waals surface area contributed by atoms with E-state index in [1.807, 2.05) is 12.1 Å². The highest BCUT2D eigenvalue weighted by Gasteiger charge is 2.12. The fourth-order valence-corrected chi connectivity index (χ4v) is 1.96. The molecule has 0 unspecified atom stereocenters. The smallest absolute Gasteiger partial charge is 0.253 e. The molecular formula is C12H7Cl2NO. The summed E-state index contributed by atoms with van der Waals surface area (Å²) in [6, 6.07) is 8.83. The zero-order valence-corrected chi connectivity index (χ0v) is 9.66. The number of rotatable bonds is 2. The highest BCUT2D eigenvalue weighted by atomic mass is 35.5. The zero-order valence-electron chi connectivity index (χ0n) is 8.15. The molecule has 0 amide bonds. The fraction of sp³-hybridized carbons (Fsp3) is 0. The SMILES string of the molecule is O=C(Cl)c1cccc(-c2cccnc2)c1Cl. The van der Waals surface area contributed by atoms with Gasteiger partial charge in [0, 0.05) is 23.5 Å². The van der Waals surface area contributed by atoms with E-state index in [-0.39, 0.29) is 0 Å². The Morgan fingerprint density at radius 3 is 2.62 bits per heavy atom. The highest BCUT2D eigenvalue weighted by molar-refractivity contribution is 6.69. The molecule has 0 fully saturated rings. The van der Waals surface area contributed by atoms with Crippen molar-refractivity contribution < 1.29 is 4.79 Å². The van der Waals surface area contributed by atoms with E-state index in [4.69, 9.17) is 23.2 Å². The number of nitrogens with zero attached hydrogens (tertiary/aromatic N) is 1. The van der Waals surface area contributed by atoms with Gasteiger partial charge < -0.3 is 0 Å². The van der Waals surface area contributed by atoms with Gasteiger partial charge in [-0.05, 0) is 23.7 Å². The van der Waals surface area contributed by atoms with E-state index in [9.17, 15) is 4.79 Å². The number of aromatic nitrogens is 1. The average molecular weight is 252 g/mol. The Labute approximate surface area is 103 Å². The van der Waals surface area contributed by atoms with E-state index in [2.05, 4.69) is 4.98 Å². The third-order valence-electron chi connectivity index (χ3n) is 2.18. The maximum Gasteiger partial charge on any atom is 0.253 e. The quantitative estimate of drug-likeness (QED) is 0.761. The molecule has 0 atom stereocenters. The summed E-state index contributed by atoms with van der Waals surface area (Å²) in [5.74, 6) is 0. The Kier molecular flexibility index (Phi) is 3.22. The molecule has 2 rings (SSSR count). The predicted octanol–water partition coefficient (Wildman–Crippen LogP) is 3.78. The molecular weight excluding hydrogens is 245 g/mol. The number of halogens is 2. The molecule has 80 valence electrons. The van der Waals surface area contributed by atoms with Gasteiger partial charge in [-0.3, -0.25) is 9.78 Å². The van der Waals surface area contributed by atoms with Crippen LogP contribution in [0.5, 0.6) is 0 Å². The lowest BCUT2D eigenvalue weighted by atomic mass is 10.1. The summed E-state index contributed by atoms with van der Waals surface area (Å²) in [5, 5.41) is -0.203. The first-order valence-corrected chi connectivity index (χ1v) is 5.34. The predicted molar refractivity (Wildman–Crippen MR) is 64.9 cm³/mol. The van der Waals surface area contributed by atoms with E-state index in [1.165, 1.54) is 0 Å². The van der Waals surface area contributed by atoms with Gasteiger partial charge in [-0.2, -0.15) is 0 Å². The molecule has 0 bridgehead atoms. The van der Waals surface area contributed by atoms with Crippen molar-refractivity contribution >= 4 is 28.4 Å². The van der Waals surface area contributed by atoms with Crippen molar-refractivity contribution in [1.29, 1.82) is 0 Å². The molecule has 0 spiro atoms. The van der Waals surface area contributed by atoms with E-state index in [1.54, 1.807) is 30.6 Å². The number of carbonyl (C=O) groups is 1. The van der Waals surface area contributed by atoms with Crippen molar-refractivity contribution in [3.05, 3.63) is 53.3 Å². The van der Waals surface area contributed by atoms with Gasteiger partial charge in [0.2, 0.25) is 0 Å². The third kappa shape index (κ3) is 2.08. The van der Waals surface area contributed by atoms with Gasteiger partial charge >= 0.3 is 0 Å². The Morgan fingerprint density at radius 1 is 1.19 bits per heavy atom. The summed E-state index contributed by atoms with van der Waals surface area (Å²) < 4.78 is 0. The normalized spacial score (nSPS) is 10.1. The number of hydrogen-bond donors (Lipinski definition) is 0. The van der Waals surface area contributed by atoms with Crippen LogP contribution in [-0.4, -0.2) is 10.2 Å². The molecule has 0 aliphatic heterocycles. The van der Waals surface area contributed by atoms with Gasteiger partial charge in [-0.25, -0.2) is 0 Å². The van der Waals surface area contributed by atoms with E-state index in [0.29, 0.717) is 10.6 Å². The molecule has 0 saturated carbocycles. The number of pyridine rings is 1. The molecule has 0 aliphatic carbocycles. The van der Waals surface area contributed by atoms with Crippen LogP contribution in [0.15, 0.2) is 42.7 Å². The van der Waals surface area contributed by atoms with Crippen LogP contribution >= 0.6 is 23.2 Å². The van der Waals surface area contributed by atoms with Gasteiger partial charge in [0.1, 0.15) is 0 Å². The van der Waals surface area contributed by atoms with Crippen LogP contribution in [0, 0.1) is 0 Å². The van der Waals surface area contributed by atoms with Crippen molar-refractivity contribution in [3.63, 3.8) is 0 Å². The van der Waals surface area contributed by atoms with E-state index in [0.717, 1.165) is 11.1 Å². The van der Waals surface area contributed by atoms with Crippen LogP contribution in [0.25, 0.3) is 11.1 Å². The van der Waals surface area contributed by atoms with E-state index < -0.39 is 5.24 Å². The largest absolute Gasteiger partial charge is 0.276 e. The lowest BCUT2D eigenvalue weighted by Crippen LogP contribution is -1.92. The lowest BCUT2D eigenvalue weighted by Gasteiger charge is -2.06. The monoisotopic (exact) mass is 251 g/mol. The summed E-state index contributed by atoms with van der Waals surface area (Å²) in [5.41, 5.74) is 1.92. The number of benzene rings is 1. The maximum absolute atomic E-state index is 11.1. The van der Waals surface area contributed by atoms with Crippen molar-refractivity contribution in [1.82, 2.24) is 4.98 Å². The molecule has 2 nitrogen and oxygen atoms in total. The molecule has 1 heterocycles. The standard InChI is InChI=1S/C12H7Cl2NO/c13-11-9(8-3-2-6-15-7-8)4-1-5-10(11)12(14)16/h1-7H. The third-order valence-corrected chi connectivity index (χ3v) is 2.79.